The molecular formula is C17H14BF4N2-. The van der Waals surface area contributed by atoms with Gasteiger partial charge in [-0.1, -0.05) is 48.5 Å². The summed E-state index contributed by atoms with van der Waals surface area (Å²) >= 11 is 0. The lowest BCUT2D eigenvalue weighted by Gasteiger charge is -2.26. The predicted molar refractivity (Wildman–Crippen MR) is 87.4 cm³/mol. The minimum absolute atomic E-state index is 0.177. The zero-order chi connectivity index (χ0) is 17.6. The molecule has 1 aliphatic heterocycles. The van der Waals surface area contributed by atoms with E-state index in [1.165, 1.54) is 16.3 Å². The summed E-state index contributed by atoms with van der Waals surface area (Å²) in [6, 6.07) is 16.8. The van der Waals surface area contributed by atoms with Crippen molar-refractivity contribution in [2.24, 2.45) is 0 Å². The molecule has 0 spiro atoms. The molecule has 0 amide bonds. The number of nitriles is 1. The van der Waals surface area contributed by atoms with Crippen LogP contribution in [0.2, 0.25) is 0 Å². The Balaban J connectivity index is 0.000000368. The number of allylic oxidation sites excluding steroid dienone is 2. The molecule has 1 atom stereocenters. The van der Waals surface area contributed by atoms with Gasteiger partial charge >= 0.3 is 7.25 Å². The number of halogens is 4. The van der Waals surface area contributed by atoms with E-state index in [1.54, 1.807) is 0 Å². The fourth-order valence-corrected chi connectivity index (χ4v) is 2.43. The van der Waals surface area contributed by atoms with Crippen molar-refractivity contribution < 1.29 is 17.3 Å². The molecule has 0 N–H and O–H groups in total. The maximum Gasteiger partial charge on any atom is 0.673 e. The highest BCUT2D eigenvalue weighted by molar-refractivity contribution is 6.50. The highest BCUT2D eigenvalue weighted by Crippen LogP contribution is 2.21. The summed E-state index contributed by atoms with van der Waals surface area (Å²) in [6.07, 6.45) is 7.80. The highest BCUT2D eigenvalue weighted by atomic mass is 19.5. The van der Waals surface area contributed by atoms with Gasteiger partial charge in [0.1, 0.15) is 6.04 Å². The van der Waals surface area contributed by atoms with Gasteiger partial charge in [0, 0.05) is 12.7 Å². The number of benzene rings is 2. The number of hydrogen-bond donors (Lipinski definition) is 0. The second-order valence-electron chi connectivity index (χ2n) is 5.11. The summed E-state index contributed by atoms with van der Waals surface area (Å²) < 4.78 is 39.0. The van der Waals surface area contributed by atoms with E-state index < -0.39 is 7.25 Å². The fraction of sp³-hybridized carbons (Fsp3) is 0.118. The average Bonchev–Trinajstić information content (AvgIpc) is 2.54. The molecule has 1 unspecified atom stereocenters. The molecule has 2 nitrogen and oxygen atoms in total. The van der Waals surface area contributed by atoms with Gasteiger partial charge in [0.05, 0.1) is 6.07 Å². The molecule has 0 saturated heterocycles. The average molecular weight is 333 g/mol. The zero-order valence-corrected chi connectivity index (χ0v) is 12.6. The molecule has 7 heteroatoms. The van der Waals surface area contributed by atoms with Gasteiger partial charge in [-0.2, -0.15) is 5.26 Å². The smallest absolute Gasteiger partial charge is 0.418 e. The Hall–Kier alpha value is -2.75. The van der Waals surface area contributed by atoms with Crippen LogP contribution < -0.4 is 0 Å². The van der Waals surface area contributed by atoms with Crippen LogP contribution in [0.5, 0.6) is 0 Å². The maximum atomic E-state index is 9.75. The molecule has 0 radical (unpaired) electrons. The third-order valence-electron chi connectivity index (χ3n) is 3.40. The molecule has 24 heavy (non-hydrogen) atoms. The second kappa shape index (κ2) is 7.69. The van der Waals surface area contributed by atoms with Crippen LogP contribution in [0.25, 0.3) is 10.8 Å². The zero-order valence-electron chi connectivity index (χ0n) is 12.6. The largest absolute Gasteiger partial charge is 0.673 e. The predicted octanol–water partition coefficient (Wildman–Crippen LogP) is 4.92. The van der Waals surface area contributed by atoms with Crippen LogP contribution >= 0.6 is 0 Å². The summed E-state index contributed by atoms with van der Waals surface area (Å²) in [4.78, 5) is 2.06. The Kier molecular flexibility index (Phi) is 5.64. The quantitative estimate of drug-likeness (QED) is 0.576. The molecule has 0 fully saturated rings. The monoisotopic (exact) mass is 333 g/mol. The third kappa shape index (κ3) is 5.16. The SMILES string of the molecule is F[B-](F)(F)F.N#CC1C=CC=CN1Cc1cccc2ccccc12. The molecule has 124 valence electrons. The van der Waals surface area contributed by atoms with Gasteiger partial charge in [-0.05, 0) is 28.5 Å². The first-order valence-electron chi connectivity index (χ1n) is 7.23. The minimum atomic E-state index is -6.00. The fourth-order valence-electron chi connectivity index (χ4n) is 2.43. The van der Waals surface area contributed by atoms with Crippen molar-refractivity contribution in [2.75, 3.05) is 0 Å². The van der Waals surface area contributed by atoms with Crippen molar-refractivity contribution in [3.05, 3.63) is 72.5 Å². The normalized spacial score (nSPS) is 16.5. The number of hydrogen-bond acceptors (Lipinski definition) is 2. The summed E-state index contributed by atoms with van der Waals surface area (Å²) in [6.45, 7) is 0.750. The summed E-state index contributed by atoms with van der Waals surface area (Å²) in [5.74, 6) is 0. The standard InChI is InChI=1S/C17H14N2.BF4/c18-12-16-9-3-4-11-19(16)13-15-8-5-7-14-6-1-2-10-17(14)15;2-1(3,4)5/h1-11,16H,13H2;/q;-1. The lowest BCUT2D eigenvalue weighted by Crippen LogP contribution is -2.28. The Morgan fingerprint density at radius 3 is 2.38 bits per heavy atom. The third-order valence-corrected chi connectivity index (χ3v) is 3.40. The molecule has 1 heterocycles. The van der Waals surface area contributed by atoms with Crippen molar-refractivity contribution in [3.8, 4) is 6.07 Å². The molecule has 3 rings (SSSR count). The van der Waals surface area contributed by atoms with E-state index in [9.17, 15) is 22.5 Å². The Labute approximate surface area is 137 Å². The Morgan fingerprint density at radius 2 is 1.67 bits per heavy atom. The lowest BCUT2D eigenvalue weighted by atomic mass is 10.0. The molecule has 0 aromatic heterocycles. The molecule has 0 saturated carbocycles. The summed E-state index contributed by atoms with van der Waals surface area (Å²) in [5, 5.41) is 11.7. The van der Waals surface area contributed by atoms with Crippen LogP contribution in [0.4, 0.5) is 17.3 Å². The first kappa shape index (κ1) is 17.6. The van der Waals surface area contributed by atoms with E-state index in [2.05, 4.69) is 47.4 Å². The molecular weight excluding hydrogens is 319 g/mol. The van der Waals surface area contributed by atoms with Gasteiger partial charge < -0.3 is 22.2 Å². The van der Waals surface area contributed by atoms with Crippen molar-refractivity contribution in [1.82, 2.24) is 4.90 Å². The molecule has 2 aromatic carbocycles. The van der Waals surface area contributed by atoms with E-state index in [0.29, 0.717) is 0 Å². The van der Waals surface area contributed by atoms with Gasteiger partial charge in [0.15, 0.2) is 0 Å². The Morgan fingerprint density at radius 1 is 1.00 bits per heavy atom. The van der Waals surface area contributed by atoms with Crippen LogP contribution in [0.15, 0.2) is 66.9 Å². The van der Waals surface area contributed by atoms with E-state index in [4.69, 9.17) is 0 Å². The Bertz CT molecular complexity index is 782. The highest BCUT2D eigenvalue weighted by Gasteiger charge is 2.20. The van der Waals surface area contributed by atoms with Crippen LogP contribution in [0.3, 0.4) is 0 Å². The van der Waals surface area contributed by atoms with Crippen LogP contribution in [-0.2, 0) is 6.54 Å². The molecule has 1 aliphatic rings. The molecule has 0 aliphatic carbocycles. The lowest BCUT2D eigenvalue weighted by molar-refractivity contribution is 0.356. The van der Waals surface area contributed by atoms with Gasteiger partial charge in [-0.3, -0.25) is 0 Å². The van der Waals surface area contributed by atoms with Gasteiger partial charge in [-0.25, -0.2) is 0 Å². The topological polar surface area (TPSA) is 27.0 Å². The minimum Gasteiger partial charge on any atom is -0.418 e. The number of rotatable bonds is 2. The van der Waals surface area contributed by atoms with E-state index in [1.807, 2.05) is 30.5 Å². The van der Waals surface area contributed by atoms with Crippen LogP contribution in [0.1, 0.15) is 5.56 Å². The van der Waals surface area contributed by atoms with E-state index >= 15 is 0 Å². The van der Waals surface area contributed by atoms with Crippen molar-refractivity contribution in [3.63, 3.8) is 0 Å². The second-order valence-corrected chi connectivity index (χ2v) is 5.11. The summed E-state index contributed by atoms with van der Waals surface area (Å²) in [5.41, 5.74) is 1.25. The number of fused-ring (bicyclic) bond motifs is 1. The van der Waals surface area contributed by atoms with Crippen LogP contribution in [-0.4, -0.2) is 18.2 Å². The van der Waals surface area contributed by atoms with Gasteiger partial charge in [0.25, 0.3) is 0 Å². The van der Waals surface area contributed by atoms with E-state index in [-0.39, 0.29) is 6.04 Å². The first-order chi connectivity index (χ1) is 11.4. The number of nitrogens with zero attached hydrogens (tertiary/aromatic N) is 2. The molecule has 2 aromatic rings. The van der Waals surface area contributed by atoms with Crippen molar-refractivity contribution in [2.45, 2.75) is 12.6 Å². The van der Waals surface area contributed by atoms with Crippen molar-refractivity contribution in [1.29, 1.82) is 5.26 Å². The van der Waals surface area contributed by atoms with Crippen LogP contribution in [0, 0.1) is 11.3 Å². The van der Waals surface area contributed by atoms with Gasteiger partial charge in [0.2, 0.25) is 0 Å². The first-order valence-corrected chi connectivity index (χ1v) is 7.23. The maximum absolute atomic E-state index is 9.75. The molecule has 0 bridgehead atoms. The van der Waals surface area contributed by atoms with Crippen molar-refractivity contribution >= 4 is 18.0 Å². The van der Waals surface area contributed by atoms with E-state index in [0.717, 1.165) is 6.54 Å². The van der Waals surface area contributed by atoms with Gasteiger partial charge in [-0.15, -0.1) is 0 Å². The summed E-state index contributed by atoms with van der Waals surface area (Å²) in [7, 11) is -6.00.